The van der Waals surface area contributed by atoms with Crippen molar-refractivity contribution < 1.29 is 4.79 Å². The second kappa shape index (κ2) is 6.34. The van der Waals surface area contributed by atoms with Gasteiger partial charge in [-0.25, -0.2) is 0 Å². The molecule has 1 aromatic heterocycles. The van der Waals surface area contributed by atoms with E-state index >= 15 is 0 Å². The molecule has 18 heavy (non-hydrogen) atoms. The molecule has 1 heterocycles. The molecule has 0 spiro atoms. The van der Waals surface area contributed by atoms with Crippen molar-refractivity contribution in [1.29, 1.82) is 0 Å². The molecule has 0 saturated heterocycles. The fourth-order valence-electron chi connectivity index (χ4n) is 1.73. The van der Waals surface area contributed by atoms with Crippen LogP contribution in [-0.4, -0.2) is 17.3 Å². The fraction of sp³-hybridized carbons (Fsp3) is 0.357. The van der Waals surface area contributed by atoms with Crippen LogP contribution in [-0.2, 0) is 0 Å². The van der Waals surface area contributed by atoms with Crippen molar-refractivity contribution in [2.24, 2.45) is 0 Å². The summed E-state index contributed by atoms with van der Waals surface area (Å²) in [5.41, 5.74) is 0. The van der Waals surface area contributed by atoms with Gasteiger partial charge in [0.2, 0.25) is 0 Å². The van der Waals surface area contributed by atoms with Crippen molar-refractivity contribution in [3.63, 3.8) is 0 Å². The first-order valence-electron chi connectivity index (χ1n) is 6.11. The van der Waals surface area contributed by atoms with Crippen LogP contribution in [0.2, 0.25) is 0 Å². The Morgan fingerprint density at radius 3 is 2.94 bits per heavy atom. The molecule has 1 aromatic carbocycles. The van der Waals surface area contributed by atoms with Gasteiger partial charge in [0.15, 0.2) is 0 Å². The molecule has 1 N–H and O–H groups in total. The number of carbonyl (C=O) groups excluding carboxylic acids is 1. The SMILES string of the molecule is CCC(Br)CCNC(=O)c1cc2ccccc2s1. The lowest BCUT2D eigenvalue weighted by Gasteiger charge is -2.07. The van der Waals surface area contributed by atoms with Gasteiger partial charge >= 0.3 is 0 Å². The van der Waals surface area contributed by atoms with Gasteiger partial charge in [0.1, 0.15) is 0 Å². The number of thiophene rings is 1. The van der Waals surface area contributed by atoms with E-state index in [1.807, 2.05) is 30.3 Å². The van der Waals surface area contributed by atoms with Crippen molar-refractivity contribution in [2.45, 2.75) is 24.6 Å². The van der Waals surface area contributed by atoms with E-state index in [4.69, 9.17) is 0 Å². The van der Waals surface area contributed by atoms with Gasteiger partial charge in [0.05, 0.1) is 4.88 Å². The number of alkyl halides is 1. The predicted molar refractivity (Wildman–Crippen MR) is 81.8 cm³/mol. The van der Waals surface area contributed by atoms with Gasteiger partial charge in [0.25, 0.3) is 5.91 Å². The first kappa shape index (κ1) is 13.6. The summed E-state index contributed by atoms with van der Waals surface area (Å²) in [7, 11) is 0. The summed E-state index contributed by atoms with van der Waals surface area (Å²) in [6.07, 6.45) is 2.05. The topological polar surface area (TPSA) is 29.1 Å². The molecule has 96 valence electrons. The summed E-state index contributed by atoms with van der Waals surface area (Å²) in [6, 6.07) is 10.0. The summed E-state index contributed by atoms with van der Waals surface area (Å²) < 4.78 is 1.16. The van der Waals surface area contributed by atoms with Crippen molar-refractivity contribution >= 4 is 43.3 Å². The smallest absolute Gasteiger partial charge is 0.261 e. The van der Waals surface area contributed by atoms with Gasteiger partial charge in [-0.1, -0.05) is 41.1 Å². The largest absolute Gasteiger partial charge is 0.351 e. The number of benzene rings is 1. The highest BCUT2D eigenvalue weighted by atomic mass is 79.9. The van der Waals surface area contributed by atoms with Crippen LogP contribution < -0.4 is 5.32 Å². The average Bonchev–Trinajstić information content (AvgIpc) is 2.82. The standard InChI is InChI=1S/C14H16BrNOS/c1-2-11(15)7-8-16-14(17)13-9-10-5-3-4-6-12(10)18-13/h3-6,9,11H,2,7-8H2,1H3,(H,16,17). The Labute approximate surface area is 120 Å². The first-order chi connectivity index (χ1) is 8.70. The van der Waals surface area contributed by atoms with E-state index in [1.165, 1.54) is 0 Å². The third kappa shape index (κ3) is 3.33. The average molecular weight is 326 g/mol. The van der Waals surface area contributed by atoms with Crippen LogP contribution >= 0.6 is 27.3 Å². The Bertz CT molecular complexity index is 504. The summed E-state index contributed by atoms with van der Waals surface area (Å²) in [4.78, 5) is 13.2. The number of nitrogens with one attached hydrogen (secondary N) is 1. The molecule has 0 radical (unpaired) electrons. The van der Waals surface area contributed by atoms with Gasteiger partial charge in [-0.15, -0.1) is 11.3 Å². The van der Waals surface area contributed by atoms with Crippen molar-refractivity contribution in [3.8, 4) is 0 Å². The van der Waals surface area contributed by atoms with Crippen LogP contribution in [0.15, 0.2) is 30.3 Å². The third-order valence-corrected chi connectivity index (χ3v) is 5.06. The Morgan fingerprint density at radius 1 is 1.44 bits per heavy atom. The molecular weight excluding hydrogens is 310 g/mol. The minimum absolute atomic E-state index is 0.0343. The molecule has 4 heteroatoms. The minimum Gasteiger partial charge on any atom is -0.351 e. The Balaban J connectivity index is 1.96. The van der Waals surface area contributed by atoms with Crippen LogP contribution in [0.25, 0.3) is 10.1 Å². The molecule has 1 amide bonds. The van der Waals surface area contributed by atoms with Gasteiger partial charge < -0.3 is 5.32 Å². The molecule has 1 unspecified atom stereocenters. The number of hydrogen-bond donors (Lipinski definition) is 1. The van der Waals surface area contributed by atoms with Gasteiger partial charge in [0, 0.05) is 16.1 Å². The number of amides is 1. The highest BCUT2D eigenvalue weighted by Crippen LogP contribution is 2.25. The Kier molecular flexibility index (Phi) is 4.78. The molecule has 0 aliphatic heterocycles. The number of fused-ring (bicyclic) bond motifs is 1. The predicted octanol–water partition coefficient (Wildman–Crippen LogP) is 4.19. The molecule has 2 aromatic rings. The number of hydrogen-bond acceptors (Lipinski definition) is 2. The molecule has 2 rings (SSSR count). The highest BCUT2D eigenvalue weighted by Gasteiger charge is 2.10. The lowest BCUT2D eigenvalue weighted by atomic mass is 10.2. The minimum atomic E-state index is 0.0343. The van der Waals surface area contributed by atoms with Gasteiger partial charge in [-0.3, -0.25) is 4.79 Å². The molecule has 0 aliphatic carbocycles. The van der Waals surface area contributed by atoms with E-state index in [-0.39, 0.29) is 5.91 Å². The highest BCUT2D eigenvalue weighted by molar-refractivity contribution is 9.09. The van der Waals surface area contributed by atoms with Crippen LogP contribution in [0.4, 0.5) is 0 Å². The fourth-order valence-corrected chi connectivity index (χ4v) is 2.94. The molecule has 0 aliphatic rings. The van der Waals surface area contributed by atoms with Gasteiger partial charge in [-0.05, 0) is 30.4 Å². The van der Waals surface area contributed by atoms with E-state index in [0.29, 0.717) is 4.83 Å². The first-order valence-corrected chi connectivity index (χ1v) is 7.84. The molecule has 0 bridgehead atoms. The quantitative estimate of drug-likeness (QED) is 0.820. The van der Waals surface area contributed by atoms with E-state index < -0.39 is 0 Å². The molecule has 1 atom stereocenters. The maximum atomic E-state index is 12.0. The zero-order chi connectivity index (χ0) is 13.0. The summed E-state index contributed by atoms with van der Waals surface area (Å²) in [6.45, 7) is 2.85. The Hall–Kier alpha value is -0.870. The van der Waals surface area contributed by atoms with E-state index in [2.05, 4.69) is 28.2 Å². The van der Waals surface area contributed by atoms with Gasteiger partial charge in [-0.2, -0.15) is 0 Å². The zero-order valence-electron chi connectivity index (χ0n) is 10.3. The van der Waals surface area contributed by atoms with Crippen molar-refractivity contribution in [2.75, 3.05) is 6.54 Å². The maximum Gasteiger partial charge on any atom is 0.261 e. The van der Waals surface area contributed by atoms with Crippen molar-refractivity contribution in [3.05, 3.63) is 35.2 Å². The Morgan fingerprint density at radius 2 is 2.22 bits per heavy atom. The maximum absolute atomic E-state index is 12.0. The summed E-state index contributed by atoms with van der Waals surface area (Å²) >= 11 is 5.11. The number of halogens is 1. The summed E-state index contributed by atoms with van der Waals surface area (Å²) in [5, 5.41) is 4.11. The normalized spacial score (nSPS) is 12.6. The second-order valence-corrected chi connectivity index (χ2v) is 6.58. The van der Waals surface area contributed by atoms with Crippen LogP contribution in [0.5, 0.6) is 0 Å². The number of rotatable bonds is 5. The van der Waals surface area contributed by atoms with E-state index in [9.17, 15) is 4.79 Å². The number of carbonyl (C=O) groups is 1. The van der Waals surface area contributed by atoms with E-state index in [1.54, 1.807) is 11.3 Å². The van der Waals surface area contributed by atoms with Crippen LogP contribution in [0, 0.1) is 0 Å². The van der Waals surface area contributed by atoms with Crippen LogP contribution in [0.3, 0.4) is 0 Å². The molecular formula is C14H16BrNOS. The molecule has 0 fully saturated rings. The summed E-state index contributed by atoms with van der Waals surface area (Å²) in [5.74, 6) is 0.0343. The molecule has 0 saturated carbocycles. The van der Waals surface area contributed by atoms with E-state index in [0.717, 1.165) is 34.3 Å². The third-order valence-electron chi connectivity index (χ3n) is 2.84. The van der Waals surface area contributed by atoms with Crippen LogP contribution in [0.1, 0.15) is 29.4 Å². The lowest BCUT2D eigenvalue weighted by Crippen LogP contribution is -2.25. The van der Waals surface area contributed by atoms with Crippen molar-refractivity contribution in [1.82, 2.24) is 5.32 Å². The second-order valence-electron chi connectivity index (χ2n) is 4.20. The zero-order valence-corrected chi connectivity index (χ0v) is 12.7. The monoisotopic (exact) mass is 325 g/mol. The molecule has 2 nitrogen and oxygen atoms in total. The lowest BCUT2D eigenvalue weighted by molar-refractivity contribution is 0.0957.